The maximum Gasteiger partial charge on any atom is 0.227 e. The van der Waals surface area contributed by atoms with Crippen LogP contribution in [0.1, 0.15) is 23.6 Å². The monoisotopic (exact) mass is 317 g/mol. The highest BCUT2D eigenvalue weighted by molar-refractivity contribution is 6.30. The number of rotatable bonds is 6. The molecule has 0 heterocycles. The molecule has 0 saturated heterocycles. The van der Waals surface area contributed by atoms with Gasteiger partial charge in [-0.25, -0.2) is 0 Å². The average molecular weight is 318 g/mol. The van der Waals surface area contributed by atoms with Crippen molar-refractivity contribution in [2.75, 3.05) is 13.7 Å². The zero-order chi connectivity index (χ0) is 15.9. The lowest BCUT2D eigenvalue weighted by Gasteiger charge is -2.28. The predicted molar refractivity (Wildman–Crippen MR) is 88.8 cm³/mol. The number of halogens is 1. The standard InChI is InChI=1S/C18H20ClNO2/c1-20(17(11-12-21)15-5-3-2-4-6-15)18(22)13-14-7-9-16(19)10-8-14/h2-10,17,21H,11-13H2,1H3. The number of carbonyl (C=O) groups is 1. The molecule has 1 atom stereocenters. The van der Waals surface area contributed by atoms with Crippen LogP contribution in [0.2, 0.25) is 5.02 Å². The number of benzene rings is 2. The number of nitrogens with zero attached hydrogens (tertiary/aromatic N) is 1. The fraction of sp³-hybridized carbons (Fsp3) is 0.278. The van der Waals surface area contributed by atoms with Gasteiger partial charge in [-0.15, -0.1) is 0 Å². The zero-order valence-corrected chi connectivity index (χ0v) is 13.3. The third-order valence-electron chi connectivity index (χ3n) is 3.72. The maximum absolute atomic E-state index is 12.5. The zero-order valence-electron chi connectivity index (χ0n) is 12.6. The van der Waals surface area contributed by atoms with Gasteiger partial charge in [0.1, 0.15) is 0 Å². The van der Waals surface area contributed by atoms with Crippen LogP contribution in [0.15, 0.2) is 54.6 Å². The Bertz CT molecular complexity index is 598. The van der Waals surface area contributed by atoms with Gasteiger partial charge >= 0.3 is 0 Å². The van der Waals surface area contributed by atoms with Gasteiger partial charge in [0.15, 0.2) is 0 Å². The lowest BCUT2D eigenvalue weighted by atomic mass is 10.0. The first-order valence-corrected chi connectivity index (χ1v) is 7.65. The molecule has 116 valence electrons. The molecule has 1 unspecified atom stereocenters. The highest BCUT2D eigenvalue weighted by Gasteiger charge is 2.21. The van der Waals surface area contributed by atoms with Gasteiger partial charge in [-0.3, -0.25) is 4.79 Å². The molecular formula is C18H20ClNO2. The van der Waals surface area contributed by atoms with Crippen LogP contribution in [0.3, 0.4) is 0 Å². The van der Waals surface area contributed by atoms with Crippen molar-refractivity contribution in [3.63, 3.8) is 0 Å². The number of likely N-dealkylation sites (N-methyl/N-ethyl adjacent to an activating group) is 1. The largest absolute Gasteiger partial charge is 0.396 e. The summed E-state index contributed by atoms with van der Waals surface area (Å²) < 4.78 is 0. The van der Waals surface area contributed by atoms with E-state index in [0.717, 1.165) is 11.1 Å². The molecule has 0 spiro atoms. The van der Waals surface area contributed by atoms with E-state index in [2.05, 4.69) is 0 Å². The summed E-state index contributed by atoms with van der Waals surface area (Å²) in [4.78, 5) is 14.2. The molecule has 3 nitrogen and oxygen atoms in total. The van der Waals surface area contributed by atoms with E-state index in [0.29, 0.717) is 17.9 Å². The maximum atomic E-state index is 12.5. The van der Waals surface area contributed by atoms with Crippen LogP contribution in [-0.4, -0.2) is 29.6 Å². The third kappa shape index (κ3) is 4.33. The van der Waals surface area contributed by atoms with E-state index >= 15 is 0 Å². The van der Waals surface area contributed by atoms with Crippen molar-refractivity contribution in [3.8, 4) is 0 Å². The van der Waals surface area contributed by atoms with Gasteiger partial charge in [-0.05, 0) is 29.7 Å². The molecule has 0 saturated carbocycles. The summed E-state index contributed by atoms with van der Waals surface area (Å²) >= 11 is 5.86. The molecule has 0 aliphatic carbocycles. The Hall–Kier alpha value is -1.84. The Balaban J connectivity index is 2.10. The molecule has 1 N–H and O–H groups in total. The molecule has 2 aromatic carbocycles. The lowest BCUT2D eigenvalue weighted by Crippen LogP contribution is -2.33. The number of aliphatic hydroxyl groups is 1. The molecule has 0 aliphatic heterocycles. The van der Waals surface area contributed by atoms with Crippen LogP contribution in [0.5, 0.6) is 0 Å². The van der Waals surface area contributed by atoms with Crippen molar-refractivity contribution in [1.82, 2.24) is 4.90 Å². The Kier molecular flexibility index (Phi) is 5.99. The molecule has 0 radical (unpaired) electrons. The van der Waals surface area contributed by atoms with E-state index in [1.54, 1.807) is 24.1 Å². The second-order valence-corrected chi connectivity index (χ2v) is 5.68. The average Bonchev–Trinajstić information content (AvgIpc) is 2.55. The van der Waals surface area contributed by atoms with E-state index < -0.39 is 0 Å². The molecule has 2 aromatic rings. The van der Waals surface area contributed by atoms with Crippen LogP contribution in [-0.2, 0) is 11.2 Å². The summed E-state index contributed by atoms with van der Waals surface area (Å²) in [5, 5.41) is 9.96. The van der Waals surface area contributed by atoms with E-state index in [1.807, 2.05) is 42.5 Å². The minimum Gasteiger partial charge on any atom is -0.396 e. The fourth-order valence-corrected chi connectivity index (χ4v) is 2.58. The van der Waals surface area contributed by atoms with Crippen LogP contribution in [0, 0.1) is 0 Å². The molecule has 1 amide bonds. The minimum absolute atomic E-state index is 0.0182. The van der Waals surface area contributed by atoms with E-state index in [-0.39, 0.29) is 18.6 Å². The highest BCUT2D eigenvalue weighted by Crippen LogP contribution is 2.23. The van der Waals surface area contributed by atoms with Crippen molar-refractivity contribution in [2.45, 2.75) is 18.9 Å². The summed E-state index contributed by atoms with van der Waals surface area (Å²) in [7, 11) is 1.78. The third-order valence-corrected chi connectivity index (χ3v) is 3.97. The topological polar surface area (TPSA) is 40.5 Å². The summed E-state index contributed by atoms with van der Waals surface area (Å²) in [6, 6.07) is 16.9. The molecule has 4 heteroatoms. The smallest absolute Gasteiger partial charge is 0.227 e. The van der Waals surface area contributed by atoms with E-state index in [9.17, 15) is 9.90 Å². The van der Waals surface area contributed by atoms with Crippen molar-refractivity contribution in [2.24, 2.45) is 0 Å². The summed E-state index contributed by atoms with van der Waals surface area (Å²) in [6.07, 6.45) is 0.843. The first-order chi connectivity index (χ1) is 10.6. The Morgan fingerprint density at radius 2 is 1.77 bits per heavy atom. The van der Waals surface area contributed by atoms with Gasteiger partial charge in [0.05, 0.1) is 12.5 Å². The van der Waals surface area contributed by atoms with Crippen molar-refractivity contribution in [1.29, 1.82) is 0 Å². The number of hydrogen-bond donors (Lipinski definition) is 1. The highest BCUT2D eigenvalue weighted by atomic mass is 35.5. The lowest BCUT2D eigenvalue weighted by molar-refractivity contribution is -0.131. The Labute approximate surface area is 136 Å². The second-order valence-electron chi connectivity index (χ2n) is 5.25. The molecule has 0 aliphatic rings. The minimum atomic E-state index is -0.119. The molecule has 2 rings (SSSR count). The van der Waals surface area contributed by atoms with Crippen molar-refractivity contribution in [3.05, 3.63) is 70.7 Å². The number of amides is 1. The van der Waals surface area contributed by atoms with Gasteiger partial charge in [0.25, 0.3) is 0 Å². The van der Waals surface area contributed by atoms with Gasteiger partial charge < -0.3 is 10.0 Å². The van der Waals surface area contributed by atoms with E-state index in [4.69, 9.17) is 11.6 Å². The van der Waals surface area contributed by atoms with Crippen LogP contribution in [0.4, 0.5) is 0 Å². The van der Waals surface area contributed by atoms with Crippen LogP contribution in [0.25, 0.3) is 0 Å². The molecule has 22 heavy (non-hydrogen) atoms. The number of aliphatic hydroxyl groups excluding tert-OH is 1. The van der Waals surface area contributed by atoms with Crippen LogP contribution < -0.4 is 0 Å². The molecule has 0 bridgehead atoms. The molecule has 0 aromatic heterocycles. The van der Waals surface area contributed by atoms with Gasteiger partial charge in [0.2, 0.25) is 5.91 Å². The van der Waals surface area contributed by atoms with Gasteiger partial charge in [0, 0.05) is 18.7 Å². The van der Waals surface area contributed by atoms with Gasteiger partial charge in [-0.2, -0.15) is 0 Å². The van der Waals surface area contributed by atoms with E-state index in [1.165, 1.54) is 0 Å². The summed E-state index contributed by atoms with van der Waals surface area (Å²) in [5.74, 6) is 0.0182. The number of carbonyl (C=O) groups excluding carboxylic acids is 1. The molecule has 0 fully saturated rings. The van der Waals surface area contributed by atoms with Crippen molar-refractivity contribution < 1.29 is 9.90 Å². The number of hydrogen-bond acceptors (Lipinski definition) is 2. The first-order valence-electron chi connectivity index (χ1n) is 7.27. The summed E-state index contributed by atoms with van der Waals surface area (Å²) in [6.45, 7) is 0.0398. The predicted octanol–water partition coefficient (Wildman–Crippen LogP) is 3.46. The SMILES string of the molecule is CN(C(=O)Cc1ccc(Cl)cc1)C(CCO)c1ccccc1. The normalized spacial score (nSPS) is 12.0. The Morgan fingerprint density at radius 1 is 1.14 bits per heavy atom. The molecular weight excluding hydrogens is 298 g/mol. The second kappa shape index (κ2) is 7.97. The van der Waals surface area contributed by atoms with Gasteiger partial charge in [-0.1, -0.05) is 54.1 Å². The quantitative estimate of drug-likeness (QED) is 0.886. The van der Waals surface area contributed by atoms with Crippen LogP contribution >= 0.6 is 11.6 Å². The Morgan fingerprint density at radius 3 is 2.36 bits per heavy atom. The first kappa shape index (κ1) is 16.5. The van der Waals surface area contributed by atoms with Crippen molar-refractivity contribution >= 4 is 17.5 Å². The fourth-order valence-electron chi connectivity index (χ4n) is 2.46. The summed E-state index contributed by atoms with van der Waals surface area (Å²) in [5.41, 5.74) is 1.96.